The van der Waals surface area contributed by atoms with E-state index in [2.05, 4.69) is 5.92 Å². The highest BCUT2D eigenvalue weighted by atomic mass is 16.6. The zero-order valence-electron chi connectivity index (χ0n) is 7.97. The SMILES string of the molecule is C#C[C@](C)(N)C(=O)OC(C)(C)C. The molecule has 0 heterocycles. The molecular formula is C9H15NO2. The summed E-state index contributed by atoms with van der Waals surface area (Å²) in [5.74, 6) is 1.60. The molecule has 1 atom stereocenters. The predicted molar refractivity (Wildman–Crippen MR) is 47.3 cm³/mol. The van der Waals surface area contributed by atoms with Crippen LogP contribution in [0.15, 0.2) is 0 Å². The van der Waals surface area contributed by atoms with Gasteiger partial charge in [0.25, 0.3) is 0 Å². The van der Waals surface area contributed by atoms with Crippen molar-refractivity contribution in [3.05, 3.63) is 0 Å². The molecule has 0 radical (unpaired) electrons. The number of hydrogen-bond acceptors (Lipinski definition) is 3. The van der Waals surface area contributed by atoms with Crippen LogP contribution in [0.5, 0.6) is 0 Å². The van der Waals surface area contributed by atoms with Gasteiger partial charge in [-0.25, -0.2) is 4.79 Å². The van der Waals surface area contributed by atoms with E-state index in [0.717, 1.165) is 0 Å². The second-order valence-corrected chi connectivity index (χ2v) is 3.85. The van der Waals surface area contributed by atoms with Gasteiger partial charge in [-0.05, 0) is 27.7 Å². The van der Waals surface area contributed by atoms with Crippen LogP contribution in [0.1, 0.15) is 27.7 Å². The zero-order chi connectivity index (χ0) is 9.99. The van der Waals surface area contributed by atoms with Crippen molar-refractivity contribution in [1.82, 2.24) is 0 Å². The summed E-state index contributed by atoms with van der Waals surface area (Å²) in [5.41, 5.74) is 3.58. The third-order valence-corrected chi connectivity index (χ3v) is 1.12. The Morgan fingerprint density at radius 3 is 2.08 bits per heavy atom. The number of esters is 1. The predicted octanol–water partition coefficient (Wildman–Crippen LogP) is 0.679. The maximum Gasteiger partial charge on any atom is 0.338 e. The molecule has 0 bridgehead atoms. The fraction of sp³-hybridized carbons (Fsp3) is 0.667. The van der Waals surface area contributed by atoms with Gasteiger partial charge in [0.1, 0.15) is 5.60 Å². The minimum absolute atomic E-state index is 0.547. The van der Waals surface area contributed by atoms with Crippen LogP contribution in [-0.4, -0.2) is 17.1 Å². The molecule has 0 aliphatic heterocycles. The number of hydrogen-bond donors (Lipinski definition) is 1. The molecule has 0 aliphatic rings. The number of rotatable bonds is 1. The Morgan fingerprint density at radius 2 is 1.83 bits per heavy atom. The van der Waals surface area contributed by atoms with Crippen molar-refractivity contribution in [2.24, 2.45) is 5.73 Å². The van der Waals surface area contributed by atoms with Crippen LogP contribution in [0.25, 0.3) is 0 Å². The molecule has 0 aromatic carbocycles. The van der Waals surface area contributed by atoms with E-state index in [0.29, 0.717) is 0 Å². The molecule has 0 saturated carbocycles. The lowest BCUT2D eigenvalue weighted by Crippen LogP contribution is -2.47. The van der Waals surface area contributed by atoms with Crippen LogP contribution in [0.2, 0.25) is 0 Å². The van der Waals surface area contributed by atoms with Gasteiger partial charge in [-0.15, -0.1) is 6.42 Å². The van der Waals surface area contributed by atoms with E-state index in [1.807, 2.05) is 0 Å². The molecule has 12 heavy (non-hydrogen) atoms. The van der Waals surface area contributed by atoms with E-state index in [-0.39, 0.29) is 0 Å². The Balaban J connectivity index is 4.37. The fourth-order valence-electron chi connectivity index (χ4n) is 0.443. The topological polar surface area (TPSA) is 52.3 Å². The summed E-state index contributed by atoms with van der Waals surface area (Å²) >= 11 is 0. The van der Waals surface area contributed by atoms with E-state index in [1.54, 1.807) is 20.8 Å². The standard InChI is InChI=1S/C9H15NO2/c1-6-9(5,10)7(11)12-8(2,3)4/h1H,10H2,2-5H3/t9-/m0/s1. The normalized spacial score (nSPS) is 16.0. The van der Waals surface area contributed by atoms with Crippen molar-refractivity contribution in [3.63, 3.8) is 0 Å². The second kappa shape index (κ2) is 3.16. The largest absolute Gasteiger partial charge is 0.458 e. The number of terminal acetylenes is 1. The Bertz CT molecular complexity index is 218. The van der Waals surface area contributed by atoms with Crippen LogP contribution in [0, 0.1) is 12.3 Å². The van der Waals surface area contributed by atoms with Crippen molar-refractivity contribution < 1.29 is 9.53 Å². The highest BCUT2D eigenvalue weighted by Gasteiger charge is 2.30. The molecule has 0 spiro atoms. The van der Waals surface area contributed by atoms with Gasteiger partial charge in [0.15, 0.2) is 5.54 Å². The number of carbonyl (C=O) groups is 1. The molecule has 0 aromatic heterocycles. The lowest BCUT2D eigenvalue weighted by Gasteiger charge is -2.24. The maximum atomic E-state index is 11.2. The summed E-state index contributed by atoms with van der Waals surface area (Å²) in [4.78, 5) is 11.2. The summed E-state index contributed by atoms with van der Waals surface area (Å²) in [7, 11) is 0. The molecule has 0 amide bonds. The van der Waals surface area contributed by atoms with E-state index >= 15 is 0 Å². The molecule has 2 N–H and O–H groups in total. The summed E-state index contributed by atoms with van der Waals surface area (Å²) in [5, 5.41) is 0. The van der Waals surface area contributed by atoms with Crippen molar-refractivity contribution >= 4 is 5.97 Å². The first-order chi connectivity index (χ1) is 5.19. The summed E-state index contributed by atoms with van der Waals surface area (Å²) < 4.78 is 4.99. The number of ether oxygens (including phenoxy) is 1. The maximum absolute atomic E-state index is 11.2. The Kier molecular flexibility index (Phi) is 2.89. The van der Waals surface area contributed by atoms with Gasteiger partial charge in [0, 0.05) is 0 Å². The quantitative estimate of drug-likeness (QED) is 0.464. The number of carbonyl (C=O) groups excluding carboxylic acids is 1. The third kappa shape index (κ3) is 3.40. The van der Waals surface area contributed by atoms with Gasteiger partial charge in [0.2, 0.25) is 0 Å². The van der Waals surface area contributed by atoms with Crippen LogP contribution in [-0.2, 0) is 9.53 Å². The monoisotopic (exact) mass is 169 g/mol. The highest BCUT2D eigenvalue weighted by molar-refractivity contribution is 5.84. The van der Waals surface area contributed by atoms with Crippen LogP contribution >= 0.6 is 0 Å². The molecule has 0 aliphatic carbocycles. The Morgan fingerprint density at radius 1 is 1.42 bits per heavy atom. The zero-order valence-corrected chi connectivity index (χ0v) is 7.97. The second-order valence-electron chi connectivity index (χ2n) is 3.85. The van der Waals surface area contributed by atoms with Gasteiger partial charge < -0.3 is 10.5 Å². The van der Waals surface area contributed by atoms with E-state index in [1.165, 1.54) is 6.92 Å². The van der Waals surface area contributed by atoms with Crippen LogP contribution < -0.4 is 5.73 Å². The highest BCUT2D eigenvalue weighted by Crippen LogP contribution is 2.11. The van der Waals surface area contributed by atoms with E-state index < -0.39 is 17.1 Å². The first kappa shape index (κ1) is 11.0. The van der Waals surface area contributed by atoms with Gasteiger partial charge in [-0.2, -0.15) is 0 Å². The minimum Gasteiger partial charge on any atom is -0.458 e. The molecule has 0 saturated heterocycles. The summed E-state index contributed by atoms with van der Waals surface area (Å²) in [6, 6.07) is 0. The molecule has 0 fully saturated rings. The molecule has 0 aromatic rings. The van der Waals surface area contributed by atoms with Gasteiger partial charge in [-0.3, -0.25) is 0 Å². The molecule has 0 unspecified atom stereocenters. The Labute approximate surface area is 73.3 Å². The number of nitrogens with two attached hydrogens (primary N) is 1. The average Bonchev–Trinajstić information content (AvgIpc) is 1.84. The smallest absolute Gasteiger partial charge is 0.338 e. The lowest BCUT2D eigenvalue weighted by molar-refractivity contribution is -0.158. The molecule has 0 rings (SSSR count). The van der Waals surface area contributed by atoms with E-state index in [4.69, 9.17) is 16.9 Å². The van der Waals surface area contributed by atoms with Crippen molar-refractivity contribution in [3.8, 4) is 12.3 Å². The summed E-state index contributed by atoms with van der Waals surface area (Å²) in [6.45, 7) is 6.73. The van der Waals surface area contributed by atoms with E-state index in [9.17, 15) is 4.79 Å². The van der Waals surface area contributed by atoms with Crippen molar-refractivity contribution in [1.29, 1.82) is 0 Å². The molecule has 3 heteroatoms. The molecule has 68 valence electrons. The van der Waals surface area contributed by atoms with Gasteiger partial charge in [-0.1, -0.05) is 5.92 Å². The third-order valence-electron chi connectivity index (χ3n) is 1.12. The van der Waals surface area contributed by atoms with Crippen LogP contribution in [0.3, 0.4) is 0 Å². The first-order valence-electron chi connectivity index (χ1n) is 3.69. The molecular weight excluding hydrogens is 154 g/mol. The molecule has 3 nitrogen and oxygen atoms in total. The van der Waals surface area contributed by atoms with Crippen LogP contribution in [0.4, 0.5) is 0 Å². The van der Waals surface area contributed by atoms with Gasteiger partial charge >= 0.3 is 5.97 Å². The minimum atomic E-state index is -1.33. The van der Waals surface area contributed by atoms with Crippen molar-refractivity contribution in [2.75, 3.05) is 0 Å². The summed E-state index contributed by atoms with van der Waals surface area (Å²) in [6.07, 6.45) is 5.05. The lowest BCUT2D eigenvalue weighted by atomic mass is 10.1. The average molecular weight is 169 g/mol. The Hall–Kier alpha value is -1.01. The van der Waals surface area contributed by atoms with Crippen molar-refractivity contribution in [2.45, 2.75) is 38.8 Å². The first-order valence-corrected chi connectivity index (χ1v) is 3.69. The fourth-order valence-corrected chi connectivity index (χ4v) is 0.443. The van der Waals surface area contributed by atoms with Gasteiger partial charge in [0.05, 0.1) is 0 Å².